The predicted molar refractivity (Wildman–Crippen MR) is 57.9 cm³/mol. The second-order valence-corrected chi connectivity index (χ2v) is 6.21. The van der Waals surface area contributed by atoms with Crippen molar-refractivity contribution < 1.29 is 26.7 Å². The molecule has 0 aliphatic carbocycles. The molecule has 0 saturated carbocycles. The van der Waals surface area contributed by atoms with Crippen molar-refractivity contribution in [2.24, 2.45) is 0 Å². The minimum Gasteiger partial charge on any atom is -0.396 e. The number of aliphatic hydroxyl groups is 1. The van der Waals surface area contributed by atoms with Crippen LogP contribution in [0.1, 0.15) is 23.5 Å². The van der Waals surface area contributed by atoms with Crippen LogP contribution in [0, 0.1) is 0 Å². The molecule has 3 nitrogen and oxygen atoms in total. The Bertz CT molecular complexity index is 563. The van der Waals surface area contributed by atoms with E-state index in [1.165, 1.54) is 6.07 Å². The molecule has 1 unspecified atom stereocenters. The highest BCUT2D eigenvalue weighted by Crippen LogP contribution is 2.44. The molecule has 0 aromatic heterocycles. The van der Waals surface area contributed by atoms with Gasteiger partial charge in [0.05, 0.1) is 16.2 Å². The molecule has 1 aromatic rings. The third-order valence-electron chi connectivity index (χ3n) is 3.01. The molecule has 1 aromatic carbocycles. The van der Waals surface area contributed by atoms with E-state index in [1.54, 1.807) is 0 Å². The van der Waals surface area contributed by atoms with Gasteiger partial charge < -0.3 is 5.11 Å². The molecule has 1 N–H and O–H groups in total. The standard InChI is InChI=1S/C11H11F3O3S/c12-11(13,14)8-2-1-3-9-10(8)7(4-5-15)6-18(9,16)17/h1-3,7,15H,4-6H2. The van der Waals surface area contributed by atoms with Crippen LogP contribution in [-0.2, 0) is 16.0 Å². The summed E-state index contributed by atoms with van der Waals surface area (Å²) < 4.78 is 62.1. The number of alkyl halides is 3. The normalized spacial score (nSPS) is 21.9. The van der Waals surface area contributed by atoms with Crippen molar-refractivity contribution in [3.63, 3.8) is 0 Å². The summed E-state index contributed by atoms with van der Waals surface area (Å²) in [6.07, 6.45) is -4.57. The average Bonchev–Trinajstić information content (AvgIpc) is 2.50. The molecule has 0 fully saturated rings. The van der Waals surface area contributed by atoms with E-state index in [0.29, 0.717) is 0 Å². The third-order valence-corrected chi connectivity index (χ3v) is 4.88. The quantitative estimate of drug-likeness (QED) is 0.901. The maximum Gasteiger partial charge on any atom is 0.416 e. The lowest BCUT2D eigenvalue weighted by Crippen LogP contribution is -2.12. The molecule has 0 spiro atoms. The fraction of sp³-hybridized carbons (Fsp3) is 0.455. The van der Waals surface area contributed by atoms with Gasteiger partial charge in [-0.1, -0.05) is 6.07 Å². The van der Waals surface area contributed by atoms with E-state index < -0.39 is 27.5 Å². The molecule has 0 saturated heterocycles. The zero-order chi connectivity index (χ0) is 13.6. The largest absolute Gasteiger partial charge is 0.416 e. The van der Waals surface area contributed by atoms with Crippen molar-refractivity contribution in [1.82, 2.24) is 0 Å². The van der Waals surface area contributed by atoms with E-state index in [-0.39, 0.29) is 29.2 Å². The van der Waals surface area contributed by atoms with Crippen LogP contribution in [0.5, 0.6) is 0 Å². The van der Waals surface area contributed by atoms with Crippen molar-refractivity contribution in [2.75, 3.05) is 12.4 Å². The second kappa shape index (κ2) is 4.24. The average molecular weight is 280 g/mol. The molecule has 2 rings (SSSR count). The summed E-state index contributed by atoms with van der Waals surface area (Å²) in [5.74, 6) is -1.15. The van der Waals surface area contributed by atoms with E-state index in [2.05, 4.69) is 0 Å². The first-order valence-corrected chi connectivity index (χ1v) is 6.96. The molecule has 1 aliphatic rings. The first-order valence-electron chi connectivity index (χ1n) is 5.31. The molecular formula is C11H11F3O3S. The van der Waals surface area contributed by atoms with Gasteiger partial charge in [-0.25, -0.2) is 8.42 Å². The Hall–Kier alpha value is -1.08. The van der Waals surface area contributed by atoms with Crippen molar-refractivity contribution >= 4 is 9.84 Å². The molecule has 7 heteroatoms. The lowest BCUT2D eigenvalue weighted by Gasteiger charge is -2.15. The van der Waals surface area contributed by atoms with Crippen LogP contribution in [0.4, 0.5) is 13.2 Å². The number of hydrogen-bond donors (Lipinski definition) is 1. The lowest BCUT2D eigenvalue weighted by atomic mass is 9.93. The number of aliphatic hydroxyl groups excluding tert-OH is 1. The predicted octanol–water partition coefficient (Wildman–Crippen LogP) is 1.96. The van der Waals surface area contributed by atoms with Gasteiger partial charge in [-0.05, 0) is 24.1 Å². The van der Waals surface area contributed by atoms with Crippen LogP contribution < -0.4 is 0 Å². The first-order chi connectivity index (χ1) is 8.27. The van der Waals surface area contributed by atoms with Crippen LogP contribution in [0.2, 0.25) is 0 Å². The highest BCUT2D eigenvalue weighted by molar-refractivity contribution is 7.91. The van der Waals surface area contributed by atoms with Gasteiger partial charge in [0.25, 0.3) is 0 Å². The van der Waals surface area contributed by atoms with Crippen LogP contribution in [0.25, 0.3) is 0 Å². The molecule has 0 radical (unpaired) electrons. The Morgan fingerprint density at radius 2 is 2.00 bits per heavy atom. The van der Waals surface area contributed by atoms with Gasteiger partial charge in [0.1, 0.15) is 0 Å². The van der Waals surface area contributed by atoms with Crippen molar-refractivity contribution in [2.45, 2.75) is 23.4 Å². The number of rotatable bonds is 2. The van der Waals surface area contributed by atoms with Gasteiger partial charge in [0.15, 0.2) is 9.84 Å². The van der Waals surface area contributed by atoms with Crippen LogP contribution in [0.15, 0.2) is 23.1 Å². The molecule has 18 heavy (non-hydrogen) atoms. The Kier molecular flexibility index (Phi) is 3.14. The van der Waals surface area contributed by atoms with E-state index in [4.69, 9.17) is 5.11 Å². The number of hydrogen-bond acceptors (Lipinski definition) is 3. The van der Waals surface area contributed by atoms with Gasteiger partial charge >= 0.3 is 6.18 Å². The number of halogens is 3. The topological polar surface area (TPSA) is 54.4 Å². The maximum absolute atomic E-state index is 12.9. The highest BCUT2D eigenvalue weighted by Gasteiger charge is 2.43. The van der Waals surface area contributed by atoms with Crippen molar-refractivity contribution in [1.29, 1.82) is 0 Å². The summed E-state index contributed by atoms with van der Waals surface area (Å²) in [6.45, 7) is -0.341. The zero-order valence-corrected chi connectivity index (χ0v) is 10.1. The molecular weight excluding hydrogens is 269 g/mol. The van der Waals surface area contributed by atoms with Gasteiger partial charge in [0.2, 0.25) is 0 Å². The summed E-state index contributed by atoms with van der Waals surface area (Å²) in [4.78, 5) is -0.254. The molecule has 1 heterocycles. The number of benzene rings is 1. The maximum atomic E-state index is 12.9. The molecule has 1 atom stereocenters. The second-order valence-electron chi connectivity index (χ2n) is 4.21. The summed E-state index contributed by atoms with van der Waals surface area (Å²) >= 11 is 0. The molecule has 0 amide bonds. The van der Waals surface area contributed by atoms with E-state index in [0.717, 1.165) is 12.1 Å². The third kappa shape index (κ3) is 2.12. The first kappa shape index (κ1) is 13.4. The van der Waals surface area contributed by atoms with E-state index in [9.17, 15) is 21.6 Å². The van der Waals surface area contributed by atoms with Gasteiger partial charge in [-0.3, -0.25) is 0 Å². The molecule has 100 valence electrons. The Morgan fingerprint density at radius 1 is 1.33 bits per heavy atom. The van der Waals surface area contributed by atoms with Crippen LogP contribution >= 0.6 is 0 Å². The summed E-state index contributed by atoms with van der Waals surface area (Å²) in [6, 6.07) is 3.17. The van der Waals surface area contributed by atoms with Crippen LogP contribution in [0.3, 0.4) is 0 Å². The summed E-state index contributed by atoms with van der Waals surface area (Å²) in [5.41, 5.74) is -1.11. The van der Waals surface area contributed by atoms with Crippen LogP contribution in [-0.4, -0.2) is 25.9 Å². The Balaban J connectivity index is 2.67. The fourth-order valence-corrected chi connectivity index (χ4v) is 4.25. The van der Waals surface area contributed by atoms with Gasteiger partial charge in [-0.2, -0.15) is 13.2 Å². The molecule has 1 aliphatic heterocycles. The Morgan fingerprint density at radius 3 is 2.56 bits per heavy atom. The van der Waals surface area contributed by atoms with Gasteiger partial charge in [-0.15, -0.1) is 0 Å². The Labute approximate surface area is 102 Å². The number of sulfone groups is 1. The van der Waals surface area contributed by atoms with E-state index in [1.807, 2.05) is 0 Å². The smallest absolute Gasteiger partial charge is 0.396 e. The number of fused-ring (bicyclic) bond motifs is 1. The van der Waals surface area contributed by atoms with Crippen molar-refractivity contribution in [3.05, 3.63) is 29.3 Å². The monoisotopic (exact) mass is 280 g/mol. The van der Waals surface area contributed by atoms with Crippen molar-refractivity contribution in [3.8, 4) is 0 Å². The van der Waals surface area contributed by atoms with E-state index >= 15 is 0 Å². The van der Waals surface area contributed by atoms with Gasteiger partial charge in [0, 0.05) is 12.5 Å². The SMILES string of the molecule is O=S1(=O)CC(CCO)c2c(C(F)(F)F)cccc21. The summed E-state index contributed by atoms with van der Waals surface area (Å²) in [5, 5.41) is 8.84. The minimum atomic E-state index is -4.58. The molecule has 0 bridgehead atoms. The minimum absolute atomic E-state index is 0.0132. The highest BCUT2D eigenvalue weighted by atomic mass is 32.2. The fourth-order valence-electron chi connectivity index (χ4n) is 2.30. The summed E-state index contributed by atoms with van der Waals surface area (Å²) in [7, 11) is -3.67. The zero-order valence-electron chi connectivity index (χ0n) is 9.24. The lowest BCUT2D eigenvalue weighted by molar-refractivity contribution is -0.138.